The molecule has 2 heterocycles. The summed E-state index contributed by atoms with van der Waals surface area (Å²) in [6, 6.07) is 2.72. The van der Waals surface area contributed by atoms with Crippen molar-refractivity contribution in [3.05, 3.63) is 22.8 Å². The largest absolute Gasteiger partial charge is 0.354 e. The maximum Gasteiger partial charge on any atom is 0.129 e. The molecule has 1 aliphatic rings. The maximum absolute atomic E-state index is 6.31. The lowest BCUT2D eigenvalue weighted by molar-refractivity contribution is 0.424. The van der Waals surface area contributed by atoms with Gasteiger partial charge in [0.05, 0.1) is 5.02 Å². The fourth-order valence-corrected chi connectivity index (χ4v) is 2.91. The first-order valence-corrected chi connectivity index (χ1v) is 8.41. The van der Waals surface area contributed by atoms with Crippen molar-refractivity contribution in [1.82, 2.24) is 10.3 Å². The highest BCUT2D eigenvalue weighted by Crippen LogP contribution is 2.26. The van der Waals surface area contributed by atoms with Gasteiger partial charge in [-0.3, -0.25) is 0 Å². The maximum atomic E-state index is 6.31. The summed E-state index contributed by atoms with van der Waals surface area (Å²) in [5.74, 6) is 1.07. The summed E-state index contributed by atoms with van der Waals surface area (Å²) < 4.78 is 0. The first-order valence-electron chi connectivity index (χ1n) is 8.03. The summed E-state index contributed by atoms with van der Waals surface area (Å²) in [4.78, 5) is 7.00. The molecule has 0 aromatic carbocycles. The molecule has 1 saturated heterocycles. The Balaban J connectivity index is 2.16. The van der Waals surface area contributed by atoms with Gasteiger partial charge in [-0.2, -0.15) is 0 Å². The topological polar surface area (TPSA) is 28.2 Å². The van der Waals surface area contributed by atoms with E-state index < -0.39 is 0 Å². The van der Waals surface area contributed by atoms with Crippen LogP contribution in [0.15, 0.2) is 12.3 Å². The van der Waals surface area contributed by atoms with Crippen LogP contribution in [0.2, 0.25) is 5.02 Å². The van der Waals surface area contributed by atoms with Gasteiger partial charge >= 0.3 is 0 Å². The van der Waals surface area contributed by atoms with Crippen LogP contribution in [0, 0.1) is 0 Å². The summed E-state index contributed by atoms with van der Waals surface area (Å²) in [6.07, 6.45) is 6.95. The molecule has 4 heteroatoms. The Bertz CT molecular complexity index is 468. The van der Waals surface area contributed by atoms with Crippen LogP contribution >= 0.6 is 11.6 Å². The van der Waals surface area contributed by atoms with E-state index >= 15 is 0 Å². The van der Waals surface area contributed by atoms with Gasteiger partial charge < -0.3 is 10.2 Å². The molecule has 1 aliphatic heterocycles. The van der Waals surface area contributed by atoms with Crippen LogP contribution in [0.5, 0.6) is 0 Å². The first-order chi connectivity index (χ1) is 9.87. The van der Waals surface area contributed by atoms with Gasteiger partial charge in [0, 0.05) is 30.9 Å². The molecule has 1 unspecified atom stereocenters. The Hall–Kier alpha value is -0.800. The second-order valence-corrected chi connectivity index (χ2v) is 7.54. The van der Waals surface area contributed by atoms with Crippen LogP contribution < -0.4 is 10.2 Å². The fourth-order valence-electron chi connectivity index (χ4n) is 2.74. The van der Waals surface area contributed by atoms with Crippen LogP contribution in [0.3, 0.4) is 0 Å². The monoisotopic (exact) mass is 309 g/mol. The molecule has 1 aromatic heterocycles. The molecule has 0 amide bonds. The molecular weight excluding hydrogens is 282 g/mol. The Labute approximate surface area is 134 Å². The number of hydrogen-bond donors (Lipinski definition) is 1. The van der Waals surface area contributed by atoms with Gasteiger partial charge in [-0.05, 0) is 52.2 Å². The molecule has 0 bridgehead atoms. The summed E-state index contributed by atoms with van der Waals surface area (Å²) in [7, 11) is 0. The number of anilines is 1. The molecule has 1 N–H and O–H groups in total. The zero-order chi connectivity index (χ0) is 15.5. The highest BCUT2D eigenvalue weighted by Gasteiger charge is 2.19. The molecule has 3 nitrogen and oxygen atoms in total. The van der Waals surface area contributed by atoms with E-state index in [2.05, 4.69) is 49.0 Å². The van der Waals surface area contributed by atoms with Crippen molar-refractivity contribution >= 4 is 17.4 Å². The van der Waals surface area contributed by atoms with Gasteiger partial charge in [0.1, 0.15) is 5.82 Å². The van der Waals surface area contributed by atoms with E-state index in [0.717, 1.165) is 29.5 Å². The van der Waals surface area contributed by atoms with Crippen molar-refractivity contribution in [3.8, 4) is 0 Å². The molecule has 118 valence electrons. The second-order valence-electron chi connectivity index (χ2n) is 7.13. The predicted molar refractivity (Wildman–Crippen MR) is 91.1 cm³/mol. The van der Waals surface area contributed by atoms with E-state index in [0.29, 0.717) is 6.04 Å². The third-order valence-corrected chi connectivity index (χ3v) is 4.42. The molecule has 1 fully saturated rings. The molecular formula is C17H28ClN3. The van der Waals surface area contributed by atoms with Gasteiger partial charge in [-0.25, -0.2) is 4.98 Å². The molecule has 0 radical (unpaired) electrons. The highest BCUT2D eigenvalue weighted by atomic mass is 35.5. The number of aromatic nitrogens is 1. The smallest absolute Gasteiger partial charge is 0.129 e. The summed E-state index contributed by atoms with van der Waals surface area (Å²) in [5.41, 5.74) is 1.22. The SMILES string of the molecule is CC1CCCCCN1c1cc(CNC(C)(C)C)c(Cl)cn1. The van der Waals surface area contributed by atoms with Gasteiger partial charge in [0.2, 0.25) is 0 Å². The average Bonchev–Trinajstić information content (AvgIpc) is 2.62. The molecule has 1 aromatic rings. The molecule has 1 atom stereocenters. The Kier molecular flexibility index (Phi) is 5.50. The zero-order valence-corrected chi connectivity index (χ0v) is 14.5. The van der Waals surface area contributed by atoms with Crippen LogP contribution in [-0.4, -0.2) is 23.1 Å². The fraction of sp³-hybridized carbons (Fsp3) is 0.706. The normalized spacial score (nSPS) is 20.4. The van der Waals surface area contributed by atoms with Gasteiger partial charge in [0.25, 0.3) is 0 Å². The van der Waals surface area contributed by atoms with E-state index in [1.54, 1.807) is 6.20 Å². The molecule has 0 aliphatic carbocycles. The average molecular weight is 310 g/mol. The van der Waals surface area contributed by atoms with Crippen molar-refractivity contribution < 1.29 is 0 Å². The van der Waals surface area contributed by atoms with E-state index in [-0.39, 0.29) is 5.54 Å². The number of pyridine rings is 1. The minimum absolute atomic E-state index is 0.0860. The van der Waals surface area contributed by atoms with E-state index in [4.69, 9.17) is 11.6 Å². The summed E-state index contributed by atoms with van der Waals surface area (Å²) in [6.45, 7) is 10.7. The quantitative estimate of drug-likeness (QED) is 0.897. The van der Waals surface area contributed by atoms with Crippen LogP contribution in [0.25, 0.3) is 0 Å². The Morgan fingerprint density at radius 2 is 2.10 bits per heavy atom. The lowest BCUT2D eigenvalue weighted by Gasteiger charge is -2.29. The molecule has 2 rings (SSSR count). The predicted octanol–water partition coefficient (Wildman–Crippen LogP) is 4.39. The molecule has 0 spiro atoms. The van der Waals surface area contributed by atoms with E-state index in [1.165, 1.54) is 25.7 Å². The van der Waals surface area contributed by atoms with Gasteiger partial charge in [0.15, 0.2) is 0 Å². The van der Waals surface area contributed by atoms with Crippen molar-refractivity contribution in [1.29, 1.82) is 0 Å². The van der Waals surface area contributed by atoms with E-state index in [1.807, 2.05) is 0 Å². The Morgan fingerprint density at radius 1 is 1.33 bits per heavy atom. The molecule has 21 heavy (non-hydrogen) atoms. The minimum Gasteiger partial charge on any atom is -0.354 e. The third kappa shape index (κ3) is 4.86. The van der Waals surface area contributed by atoms with Crippen molar-refractivity contribution in [3.63, 3.8) is 0 Å². The lowest BCUT2D eigenvalue weighted by atomic mass is 10.1. The summed E-state index contributed by atoms with van der Waals surface area (Å²) >= 11 is 6.31. The van der Waals surface area contributed by atoms with Crippen LogP contribution in [-0.2, 0) is 6.54 Å². The standard InChI is InChI=1S/C17H28ClN3/c1-13-8-6-5-7-9-21(13)16-10-14(15(18)12-19-16)11-20-17(2,3)4/h10,12-13,20H,5-9,11H2,1-4H3. The van der Waals surface area contributed by atoms with Crippen molar-refractivity contribution in [2.45, 2.75) is 71.5 Å². The lowest BCUT2D eigenvalue weighted by Crippen LogP contribution is -2.35. The minimum atomic E-state index is 0.0860. The Morgan fingerprint density at radius 3 is 2.81 bits per heavy atom. The van der Waals surface area contributed by atoms with Gasteiger partial charge in [-0.15, -0.1) is 0 Å². The van der Waals surface area contributed by atoms with Crippen molar-refractivity contribution in [2.75, 3.05) is 11.4 Å². The van der Waals surface area contributed by atoms with Gasteiger partial charge in [-0.1, -0.05) is 24.4 Å². The van der Waals surface area contributed by atoms with Crippen molar-refractivity contribution in [2.24, 2.45) is 0 Å². The number of halogens is 1. The third-order valence-electron chi connectivity index (χ3n) is 4.08. The zero-order valence-electron chi connectivity index (χ0n) is 13.7. The molecule has 0 saturated carbocycles. The summed E-state index contributed by atoms with van der Waals surface area (Å²) in [5, 5.41) is 4.25. The van der Waals surface area contributed by atoms with E-state index in [9.17, 15) is 0 Å². The first kappa shape index (κ1) is 16.6. The number of hydrogen-bond acceptors (Lipinski definition) is 3. The second kappa shape index (κ2) is 6.97. The van der Waals surface area contributed by atoms with Crippen LogP contribution in [0.1, 0.15) is 58.9 Å². The highest BCUT2D eigenvalue weighted by molar-refractivity contribution is 6.31. The number of nitrogens with one attached hydrogen (secondary N) is 1. The number of rotatable bonds is 3. The number of nitrogens with zero attached hydrogens (tertiary/aromatic N) is 2. The van der Waals surface area contributed by atoms with Crippen LogP contribution in [0.4, 0.5) is 5.82 Å².